The first kappa shape index (κ1) is 9.01. The monoisotopic (exact) mass is 176 g/mol. The lowest BCUT2D eigenvalue weighted by Crippen LogP contribution is -1.56. The van der Waals surface area contributed by atoms with Gasteiger partial charge in [0.2, 0.25) is 0 Å². The maximum atomic E-state index is 3.00. The summed E-state index contributed by atoms with van der Waals surface area (Å²) < 4.78 is 1.39. The van der Waals surface area contributed by atoms with Crippen molar-refractivity contribution < 1.29 is 0 Å². The molecule has 1 aromatic carbocycles. The predicted molar refractivity (Wildman–Crippen MR) is 57.8 cm³/mol. The summed E-state index contributed by atoms with van der Waals surface area (Å²) in [4.78, 5) is 1.39. The third-order valence-corrected chi connectivity index (χ3v) is 2.58. The minimum atomic E-state index is 1.37. The van der Waals surface area contributed by atoms with Gasteiger partial charge in [0.1, 0.15) is 0 Å². The SMILES string of the molecule is C=C.Cc1cc2ccccc2s1. The van der Waals surface area contributed by atoms with Gasteiger partial charge in [-0.1, -0.05) is 18.2 Å². The lowest BCUT2D eigenvalue weighted by molar-refractivity contribution is 1.65. The van der Waals surface area contributed by atoms with Gasteiger partial charge in [0.25, 0.3) is 0 Å². The van der Waals surface area contributed by atoms with Crippen LogP contribution in [0.25, 0.3) is 10.1 Å². The number of benzene rings is 1. The summed E-state index contributed by atoms with van der Waals surface area (Å²) in [6.45, 7) is 8.14. The second kappa shape index (κ2) is 4.07. The van der Waals surface area contributed by atoms with E-state index in [4.69, 9.17) is 0 Å². The standard InChI is InChI=1S/C9H8S.C2H4/c1-7-6-8-4-2-3-5-9(8)10-7;1-2/h2-6H,1H3;1-2H2. The van der Waals surface area contributed by atoms with Crippen molar-refractivity contribution in [1.82, 2.24) is 0 Å². The molecule has 2 aromatic rings. The molecule has 1 heterocycles. The van der Waals surface area contributed by atoms with Crippen molar-refractivity contribution in [1.29, 1.82) is 0 Å². The molecule has 1 aromatic heterocycles. The van der Waals surface area contributed by atoms with Gasteiger partial charge in [-0.2, -0.15) is 0 Å². The van der Waals surface area contributed by atoms with Crippen LogP contribution in [-0.2, 0) is 0 Å². The highest BCUT2D eigenvalue weighted by Gasteiger charge is 1.93. The van der Waals surface area contributed by atoms with Crippen molar-refractivity contribution in [2.75, 3.05) is 0 Å². The number of hydrogen-bond acceptors (Lipinski definition) is 1. The molecule has 0 radical (unpaired) electrons. The Bertz CT molecular complexity index is 327. The smallest absolute Gasteiger partial charge is 0.0345 e. The highest BCUT2D eigenvalue weighted by molar-refractivity contribution is 7.19. The highest BCUT2D eigenvalue weighted by atomic mass is 32.1. The molecule has 0 spiro atoms. The molecule has 0 amide bonds. The van der Waals surface area contributed by atoms with E-state index in [1.54, 1.807) is 0 Å². The molecule has 0 nitrogen and oxygen atoms in total. The Kier molecular flexibility index (Phi) is 3.06. The van der Waals surface area contributed by atoms with E-state index >= 15 is 0 Å². The topological polar surface area (TPSA) is 0 Å². The van der Waals surface area contributed by atoms with E-state index in [1.165, 1.54) is 15.0 Å². The third kappa shape index (κ3) is 1.74. The average Bonchev–Trinajstić information content (AvgIpc) is 2.48. The Morgan fingerprint density at radius 1 is 1.17 bits per heavy atom. The van der Waals surface area contributed by atoms with Crippen LogP contribution in [0.15, 0.2) is 43.5 Å². The minimum absolute atomic E-state index is 1.37. The summed E-state index contributed by atoms with van der Waals surface area (Å²) in [5.74, 6) is 0. The van der Waals surface area contributed by atoms with Crippen LogP contribution in [0.3, 0.4) is 0 Å². The van der Waals surface area contributed by atoms with E-state index < -0.39 is 0 Å². The van der Waals surface area contributed by atoms with E-state index in [0.29, 0.717) is 0 Å². The number of thiophene rings is 1. The molecule has 0 atom stereocenters. The molecule has 2 rings (SSSR count). The maximum Gasteiger partial charge on any atom is 0.0345 e. The molecule has 0 bridgehead atoms. The predicted octanol–water partition coefficient (Wildman–Crippen LogP) is 4.01. The lowest BCUT2D eigenvalue weighted by Gasteiger charge is -1.82. The van der Waals surface area contributed by atoms with Gasteiger partial charge in [-0.05, 0) is 24.4 Å². The maximum absolute atomic E-state index is 3.00. The van der Waals surface area contributed by atoms with Gasteiger partial charge in [0.05, 0.1) is 0 Å². The van der Waals surface area contributed by atoms with Crippen LogP contribution in [0.2, 0.25) is 0 Å². The van der Waals surface area contributed by atoms with Gasteiger partial charge >= 0.3 is 0 Å². The van der Waals surface area contributed by atoms with Crippen LogP contribution in [0.1, 0.15) is 4.88 Å². The van der Waals surface area contributed by atoms with Crippen LogP contribution in [0, 0.1) is 6.92 Å². The first-order chi connectivity index (χ1) is 5.86. The molecule has 1 heteroatoms. The van der Waals surface area contributed by atoms with Crippen LogP contribution in [0.4, 0.5) is 0 Å². The van der Waals surface area contributed by atoms with Crippen molar-refractivity contribution >= 4 is 21.4 Å². The van der Waals surface area contributed by atoms with Crippen molar-refractivity contribution in [2.24, 2.45) is 0 Å². The summed E-state index contributed by atoms with van der Waals surface area (Å²) in [5, 5.41) is 1.37. The molecule has 0 N–H and O–H groups in total. The lowest BCUT2D eigenvalue weighted by atomic mass is 10.2. The van der Waals surface area contributed by atoms with Gasteiger partial charge in [-0.3, -0.25) is 0 Å². The average molecular weight is 176 g/mol. The number of hydrogen-bond donors (Lipinski definition) is 0. The van der Waals surface area contributed by atoms with E-state index in [-0.39, 0.29) is 0 Å². The van der Waals surface area contributed by atoms with Gasteiger partial charge < -0.3 is 0 Å². The first-order valence-electron chi connectivity index (χ1n) is 3.81. The van der Waals surface area contributed by atoms with E-state index in [0.717, 1.165) is 0 Å². The minimum Gasteiger partial charge on any atom is -0.141 e. The number of rotatable bonds is 0. The molecule has 12 heavy (non-hydrogen) atoms. The second-order valence-corrected chi connectivity index (χ2v) is 3.68. The molecule has 0 fully saturated rings. The fraction of sp³-hybridized carbons (Fsp3) is 0.0909. The van der Waals surface area contributed by atoms with Crippen molar-refractivity contribution in [3.05, 3.63) is 48.4 Å². The quantitative estimate of drug-likeness (QED) is 0.532. The Hall–Kier alpha value is -1.08. The zero-order valence-electron chi connectivity index (χ0n) is 7.21. The van der Waals surface area contributed by atoms with E-state index in [1.807, 2.05) is 11.3 Å². The van der Waals surface area contributed by atoms with Gasteiger partial charge in [0.15, 0.2) is 0 Å². The van der Waals surface area contributed by atoms with Gasteiger partial charge in [0, 0.05) is 9.58 Å². The van der Waals surface area contributed by atoms with Crippen LogP contribution >= 0.6 is 11.3 Å². The van der Waals surface area contributed by atoms with Crippen molar-refractivity contribution in [2.45, 2.75) is 6.92 Å². The van der Waals surface area contributed by atoms with Crippen LogP contribution in [-0.4, -0.2) is 0 Å². The van der Waals surface area contributed by atoms with Crippen LogP contribution < -0.4 is 0 Å². The normalized spacial score (nSPS) is 9.08. The molecule has 0 saturated heterocycles. The molecular weight excluding hydrogens is 164 g/mol. The number of aryl methyl sites for hydroxylation is 1. The third-order valence-electron chi connectivity index (χ3n) is 1.55. The summed E-state index contributed by atoms with van der Waals surface area (Å²) in [6, 6.07) is 10.7. The summed E-state index contributed by atoms with van der Waals surface area (Å²) >= 11 is 1.85. The highest BCUT2D eigenvalue weighted by Crippen LogP contribution is 2.23. The Balaban J connectivity index is 0.000000336. The first-order valence-corrected chi connectivity index (χ1v) is 4.63. The van der Waals surface area contributed by atoms with Crippen molar-refractivity contribution in [3.63, 3.8) is 0 Å². The van der Waals surface area contributed by atoms with Gasteiger partial charge in [-0.25, -0.2) is 0 Å². The fourth-order valence-electron chi connectivity index (χ4n) is 1.11. The molecule has 0 aliphatic carbocycles. The molecule has 0 saturated carbocycles. The van der Waals surface area contributed by atoms with Crippen LogP contribution in [0.5, 0.6) is 0 Å². The summed E-state index contributed by atoms with van der Waals surface area (Å²) in [7, 11) is 0. The summed E-state index contributed by atoms with van der Waals surface area (Å²) in [5.41, 5.74) is 0. The zero-order chi connectivity index (χ0) is 8.97. The van der Waals surface area contributed by atoms with E-state index in [9.17, 15) is 0 Å². The van der Waals surface area contributed by atoms with Gasteiger partial charge in [-0.15, -0.1) is 24.5 Å². The Morgan fingerprint density at radius 3 is 2.50 bits per heavy atom. The fourth-order valence-corrected chi connectivity index (χ4v) is 2.04. The largest absolute Gasteiger partial charge is 0.141 e. The molecule has 0 unspecified atom stereocenters. The Morgan fingerprint density at radius 2 is 1.83 bits per heavy atom. The summed E-state index contributed by atoms with van der Waals surface area (Å²) in [6.07, 6.45) is 0. The Labute approximate surface area is 77.2 Å². The van der Waals surface area contributed by atoms with E-state index in [2.05, 4.69) is 50.4 Å². The molecule has 0 aliphatic heterocycles. The van der Waals surface area contributed by atoms with Crippen molar-refractivity contribution in [3.8, 4) is 0 Å². The second-order valence-electron chi connectivity index (χ2n) is 2.39. The molecular formula is C11H12S. The molecule has 0 aliphatic rings. The number of fused-ring (bicyclic) bond motifs is 1. The zero-order valence-corrected chi connectivity index (χ0v) is 8.03. The molecule has 62 valence electrons.